The largest absolute Gasteiger partial charge is 0.450 e. The van der Waals surface area contributed by atoms with E-state index < -0.39 is 6.04 Å². The van der Waals surface area contributed by atoms with Gasteiger partial charge in [-0.3, -0.25) is 14.5 Å². The number of morpholine rings is 1. The van der Waals surface area contributed by atoms with E-state index in [-0.39, 0.29) is 17.1 Å². The molecule has 0 bridgehead atoms. The average Bonchev–Trinajstić information content (AvgIpc) is 3.07. The second-order valence-corrected chi connectivity index (χ2v) is 9.09. The minimum atomic E-state index is -0.632. The van der Waals surface area contributed by atoms with Gasteiger partial charge in [0.15, 0.2) is 5.43 Å². The number of halogens is 3. The minimum Gasteiger partial charge on any atom is -0.450 e. The summed E-state index contributed by atoms with van der Waals surface area (Å²) >= 11 is 18.5. The van der Waals surface area contributed by atoms with Crippen molar-refractivity contribution in [3.05, 3.63) is 78.6 Å². The first-order valence-electron chi connectivity index (χ1n) is 10.3. The highest BCUT2D eigenvalue weighted by molar-refractivity contribution is 6.42. The van der Waals surface area contributed by atoms with Crippen LogP contribution in [-0.4, -0.2) is 55.1 Å². The van der Waals surface area contributed by atoms with Crippen molar-refractivity contribution in [3.8, 4) is 0 Å². The molecule has 1 atom stereocenters. The Balaban J connectivity index is 1.62. The Morgan fingerprint density at radius 3 is 2.47 bits per heavy atom. The van der Waals surface area contributed by atoms with Gasteiger partial charge in [0.25, 0.3) is 5.91 Å². The summed E-state index contributed by atoms with van der Waals surface area (Å²) in [5, 5.41) is 1.51. The van der Waals surface area contributed by atoms with Gasteiger partial charge in [-0.15, -0.1) is 0 Å². The number of carbonyl (C=O) groups is 1. The van der Waals surface area contributed by atoms with Crippen molar-refractivity contribution in [2.45, 2.75) is 6.04 Å². The van der Waals surface area contributed by atoms with Gasteiger partial charge >= 0.3 is 0 Å². The zero-order chi connectivity index (χ0) is 22.4. The van der Waals surface area contributed by atoms with E-state index in [2.05, 4.69) is 4.90 Å². The number of carbonyl (C=O) groups excluding carboxylic acids is 1. The molecule has 2 aliphatic rings. The van der Waals surface area contributed by atoms with Gasteiger partial charge in [0.05, 0.1) is 40.3 Å². The first-order valence-corrected chi connectivity index (χ1v) is 11.4. The molecule has 5 rings (SSSR count). The van der Waals surface area contributed by atoms with Gasteiger partial charge in [-0.05, 0) is 35.9 Å². The molecule has 1 saturated heterocycles. The molecular weight excluding hydrogens is 475 g/mol. The van der Waals surface area contributed by atoms with Crippen LogP contribution in [-0.2, 0) is 4.74 Å². The first-order chi connectivity index (χ1) is 15.4. The van der Waals surface area contributed by atoms with E-state index in [1.165, 1.54) is 0 Å². The number of ether oxygens (including phenoxy) is 1. The molecule has 6 nitrogen and oxygen atoms in total. The third-order valence-corrected chi connectivity index (χ3v) is 6.92. The lowest BCUT2D eigenvalue weighted by molar-refractivity contribution is 0.0314. The second-order valence-electron chi connectivity index (χ2n) is 7.84. The van der Waals surface area contributed by atoms with Crippen LogP contribution < -0.4 is 5.43 Å². The van der Waals surface area contributed by atoms with E-state index in [9.17, 15) is 9.59 Å². The van der Waals surface area contributed by atoms with Crippen LogP contribution in [0.1, 0.15) is 27.7 Å². The van der Waals surface area contributed by atoms with Gasteiger partial charge in [-0.25, -0.2) is 0 Å². The molecule has 2 aromatic carbocycles. The highest BCUT2D eigenvalue weighted by atomic mass is 35.5. The van der Waals surface area contributed by atoms with Crippen LogP contribution in [0.15, 0.2) is 45.6 Å². The molecule has 3 aromatic rings. The Kier molecular flexibility index (Phi) is 5.90. The fourth-order valence-corrected chi connectivity index (χ4v) is 4.80. The smallest absolute Gasteiger partial charge is 0.290 e. The normalized spacial score (nSPS) is 19.0. The average molecular weight is 494 g/mol. The van der Waals surface area contributed by atoms with E-state index in [0.29, 0.717) is 63.5 Å². The van der Waals surface area contributed by atoms with Crippen molar-refractivity contribution in [2.24, 2.45) is 0 Å². The summed E-state index contributed by atoms with van der Waals surface area (Å²) in [5.41, 5.74) is 1.05. The van der Waals surface area contributed by atoms with Gasteiger partial charge in [0, 0.05) is 31.2 Å². The van der Waals surface area contributed by atoms with Crippen molar-refractivity contribution in [1.29, 1.82) is 0 Å². The van der Waals surface area contributed by atoms with Crippen LogP contribution in [0.2, 0.25) is 15.1 Å². The maximum absolute atomic E-state index is 13.5. The molecule has 166 valence electrons. The summed E-state index contributed by atoms with van der Waals surface area (Å²) in [6.07, 6.45) is 0. The maximum Gasteiger partial charge on any atom is 0.290 e. The maximum atomic E-state index is 13.5. The molecule has 32 heavy (non-hydrogen) atoms. The van der Waals surface area contributed by atoms with Gasteiger partial charge in [-0.2, -0.15) is 0 Å². The lowest BCUT2D eigenvalue weighted by Gasteiger charge is -2.31. The highest BCUT2D eigenvalue weighted by Gasteiger charge is 2.42. The number of rotatable bonds is 4. The van der Waals surface area contributed by atoms with E-state index in [1.54, 1.807) is 41.3 Å². The summed E-state index contributed by atoms with van der Waals surface area (Å²) in [6, 6.07) is 9.32. The fourth-order valence-electron chi connectivity index (χ4n) is 4.33. The molecule has 1 amide bonds. The van der Waals surface area contributed by atoms with Crippen LogP contribution in [0.3, 0.4) is 0 Å². The standard InChI is InChI=1S/C23H19Cl3N2O4/c24-14-2-4-18-15(12-14)21(29)19-20(13-1-3-16(25)17(26)11-13)28(23(30)22(19)32-18)6-5-27-7-9-31-10-8-27/h1-4,11-12,20H,5-10H2. The molecule has 0 spiro atoms. The molecular formula is C23H19Cl3N2O4. The van der Waals surface area contributed by atoms with Crippen LogP contribution in [0.4, 0.5) is 0 Å². The highest BCUT2D eigenvalue weighted by Crippen LogP contribution is 2.39. The Labute approximate surface area is 199 Å². The van der Waals surface area contributed by atoms with Crippen LogP contribution in [0.5, 0.6) is 0 Å². The van der Waals surface area contributed by atoms with E-state index in [0.717, 1.165) is 13.1 Å². The van der Waals surface area contributed by atoms with Crippen LogP contribution in [0.25, 0.3) is 11.0 Å². The zero-order valence-electron chi connectivity index (χ0n) is 16.9. The first kappa shape index (κ1) is 21.7. The van der Waals surface area contributed by atoms with Crippen molar-refractivity contribution in [3.63, 3.8) is 0 Å². The van der Waals surface area contributed by atoms with E-state index >= 15 is 0 Å². The molecule has 1 fully saturated rings. The lowest BCUT2D eigenvalue weighted by atomic mass is 9.98. The lowest BCUT2D eigenvalue weighted by Crippen LogP contribution is -2.42. The van der Waals surface area contributed by atoms with Crippen molar-refractivity contribution >= 4 is 51.7 Å². The quantitative estimate of drug-likeness (QED) is 0.530. The number of nitrogens with zero attached hydrogens (tertiary/aromatic N) is 2. The van der Waals surface area contributed by atoms with Crippen molar-refractivity contribution in [2.75, 3.05) is 39.4 Å². The van der Waals surface area contributed by atoms with Gasteiger partial charge in [0.2, 0.25) is 5.76 Å². The molecule has 2 aliphatic heterocycles. The van der Waals surface area contributed by atoms with Gasteiger partial charge < -0.3 is 14.1 Å². The third-order valence-electron chi connectivity index (χ3n) is 5.95. The number of hydrogen-bond donors (Lipinski definition) is 0. The monoisotopic (exact) mass is 492 g/mol. The van der Waals surface area contributed by atoms with Crippen LogP contribution >= 0.6 is 34.8 Å². The fraction of sp³-hybridized carbons (Fsp3) is 0.304. The molecule has 1 unspecified atom stereocenters. The molecule has 0 aliphatic carbocycles. The zero-order valence-corrected chi connectivity index (χ0v) is 19.2. The molecule has 9 heteroatoms. The molecule has 0 radical (unpaired) electrons. The number of hydrogen-bond acceptors (Lipinski definition) is 5. The van der Waals surface area contributed by atoms with E-state index in [4.69, 9.17) is 44.0 Å². The Bertz CT molecular complexity index is 1270. The van der Waals surface area contributed by atoms with Crippen LogP contribution in [0, 0.1) is 0 Å². The summed E-state index contributed by atoms with van der Waals surface area (Å²) < 4.78 is 11.3. The Hall–Kier alpha value is -2.09. The summed E-state index contributed by atoms with van der Waals surface area (Å²) in [5.74, 6) is -0.263. The summed E-state index contributed by atoms with van der Waals surface area (Å²) in [6.45, 7) is 4.00. The minimum absolute atomic E-state index is 0.0582. The predicted molar refractivity (Wildman–Crippen MR) is 124 cm³/mol. The van der Waals surface area contributed by atoms with E-state index in [1.807, 2.05) is 0 Å². The molecule has 0 saturated carbocycles. The SMILES string of the molecule is O=C1c2oc3ccc(Cl)cc3c(=O)c2C(c2ccc(Cl)c(Cl)c2)N1CCN1CCOCC1. The Morgan fingerprint density at radius 2 is 1.72 bits per heavy atom. The molecule has 3 heterocycles. The van der Waals surface area contributed by atoms with Crippen molar-refractivity contribution in [1.82, 2.24) is 9.80 Å². The van der Waals surface area contributed by atoms with Gasteiger partial charge in [0.1, 0.15) is 5.58 Å². The molecule has 1 aromatic heterocycles. The van der Waals surface area contributed by atoms with Crippen molar-refractivity contribution < 1.29 is 13.9 Å². The number of amides is 1. The number of benzene rings is 2. The Morgan fingerprint density at radius 1 is 0.938 bits per heavy atom. The molecule has 0 N–H and O–H groups in total. The summed E-state index contributed by atoms with van der Waals surface area (Å²) in [7, 11) is 0. The topological polar surface area (TPSA) is 63.0 Å². The summed E-state index contributed by atoms with van der Waals surface area (Å²) in [4.78, 5) is 30.9. The number of fused-ring (bicyclic) bond motifs is 2. The third kappa shape index (κ3) is 3.80. The van der Waals surface area contributed by atoms with Gasteiger partial charge in [-0.1, -0.05) is 40.9 Å². The second kappa shape index (κ2) is 8.69. The predicted octanol–water partition coefficient (Wildman–Crippen LogP) is 4.63.